The van der Waals surface area contributed by atoms with E-state index in [9.17, 15) is 9.59 Å². The lowest BCUT2D eigenvalue weighted by Crippen LogP contribution is -2.31. The van der Waals surface area contributed by atoms with Gasteiger partial charge in [0.2, 0.25) is 5.91 Å². The van der Waals surface area contributed by atoms with Crippen molar-refractivity contribution in [1.29, 1.82) is 0 Å². The molecule has 0 bridgehead atoms. The van der Waals surface area contributed by atoms with Crippen LogP contribution in [0.15, 0.2) is 24.3 Å². The molecule has 1 aromatic rings. The Labute approximate surface area is 132 Å². The van der Waals surface area contributed by atoms with Crippen LogP contribution in [0.4, 0.5) is 0 Å². The van der Waals surface area contributed by atoms with Crippen molar-refractivity contribution in [3.63, 3.8) is 0 Å². The molecule has 0 aliphatic carbocycles. The lowest BCUT2D eigenvalue weighted by molar-refractivity contribution is -0.123. The molecule has 118 valence electrons. The highest BCUT2D eigenvalue weighted by molar-refractivity contribution is 5.94. The van der Waals surface area contributed by atoms with Crippen LogP contribution in [0.25, 0.3) is 0 Å². The Kier molecular flexibility index (Phi) is 9.41. The van der Waals surface area contributed by atoms with Crippen molar-refractivity contribution in [2.75, 3.05) is 13.1 Å². The Balaban J connectivity index is 0.00000400. The van der Waals surface area contributed by atoms with Gasteiger partial charge in [0.25, 0.3) is 5.91 Å². The number of halogens is 1. The Bertz CT molecular complexity index is 447. The molecule has 0 unspecified atom stereocenters. The summed E-state index contributed by atoms with van der Waals surface area (Å²) in [5, 5.41) is 5.62. The van der Waals surface area contributed by atoms with Crippen LogP contribution in [0.5, 0.6) is 0 Å². The number of amides is 2. The quantitative estimate of drug-likeness (QED) is 0.666. The van der Waals surface area contributed by atoms with E-state index in [0.717, 1.165) is 5.56 Å². The van der Waals surface area contributed by atoms with E-state index < -0.39 is 0 Å². The number of carbonyl (C=O) groups excluding carboxylic acids is 2. The van der Waals surface area contributed by atoms with Gasteiger partial charge in [0, 0.05) is 31.1 Å². The minimum absolute atomic E-state index is 0. The van der Waals surface area contributed by atoms with Crippen molar-refractivity contribution in [1.82, 2.24) is 10.6 Å². The lowest BCUT2D eigenvalue weighted by Gasteiger charge is -2.08. The fourth-order valence-electron chi connectivity index (χ4n) is 1.60. The fourth-order valence-corrected chi connectivity index (χ4v) is 1.60. The minimum Gasteiger partial charge on any atom is -0.356 e. The standard InChI is InChI=1S/C15H23N3O2.ClH/c1-11(2)14(19)17-8-3-9-18-15(20)13-6-4-12(10-16)5-7-13;/h4-7,11H,3,8-10,16H2,1-2H3,(H,17,19)(H,18,20);1H. The molecule has 0 fully saturated rings. The molecule has 0 aromatic heterocycles. The average molecular weight is 314 g/mol. The molecule has 21 heavy (non-hydrogen) atoms. The molecule has 0 saturated heterocycles. The monoisotopic (exact) mass is 313 g/mol. The number of benzene rings is 1. The van der Waals surface area contributed by atoms with Crippen molar-refractivity contribution < 1.29 is 9.59 Å². The molecule has 6 heteroatoms. The van der Waals surface area contributed by atoms with E-state index in [1.807, 2.05) is 26.0 Å². The van der Waals surface area contributed by atoms with Crippen LogP contribution < -0.4 is 16.4 Å². The normalized spacial score (nSPS) is 9.90. The summed E-state index contributed by atoms with van der Waals surface area (Å²) in [5.41, 5.74) is 7.12. The van der Waals surface area contributed by atoms with Gasteiger partial charge in [0.15, 0.2) is 0 Å². The predicted molar refractivity (Wildman–Crippen MR) is 86.4 cm³/mol. The van der Waals surface area contributed by atoms with E-state index in [1.54, 1.807) is 12.1 Å². The predicted octanol–water partition coefficient (Wildman–Crippen LogP) is 1.46. The van der Waals surface area contributed by atoms with E-state index in [4.69, 9.17) is 5.73 Å². The highest BCUT2D eigenvalue weighted by Gasteiger charge is 2.06. The lowest BCUT2D eigenvalue weighted by atomic mass is 10.1. The molecule has 5 nitrogen and oxygen atoms in total. The highest BCUT2D eigenvalue weighted by Crippen LogP contribution is 2.03. The Morgan fingerprint density at radius 2 is 1.67 bits per heavy atom. The third kappa shape index (κ3) is 7.11. The summed E-state index contributed by atoms with van der Waals surface area (Å²) in [7, 11) is 0. The molecule has 0 radical (unpaired) electrons. The van der Waals surface area contributed by atoms with Crippen molar-refractivity contribution in [2.45, 2.75) is 26.8 Å². The summed E-state index contributed by atoms with van der Waals surface area (Å²) in [6.07, 6.45) is 0.713. The molecule has 0 saturated carbocycles. The molecule has 1 aromatic carbocycles. The van der Waals surface area contributed by atoms with Gasteiger partial charge in [-0.15, -0.1) is 12.4 Å². The maximum absolute atomic E-state index is 11.8. The van der Waals surface area contributed by atoms with Crippen LogP contribution in [-0.4, -0.2) is 24.9 Å². The van der Waals surface area contributed by atoms with Gasteiger partial charge in [-0.05, 0) is 24.1 Å². The average Bonchev–Trinajstić information content (AvgIpc) is 2.46. The molecule has 0 heterocycles. The molecule has 1 rings (SSSR count). The van der Waals surface area contributed by atoms with E-state index in [-0.39, 0.29) is 30.1 Å². The van der Waals surface area contributed by atoms with Crippen LogP contribution >= 0.6 is 12.4 Å². The van der Waals surface area contributed by atoms with E-state index in [1.165, 1.54) is 0 Å². The summed E-state index contributed by atoms with van der Waals surface area (Å²) in [6, 6.07) is 7.21. The van der Waals surface area contributed by atoms with Gasteiger partial charge in [-0.3, -0.25) is 9.59 Å². The van der Waals surface area contributed by atoms with E-state index in [2.05, 4.69) is 10.6 Å². The van der Waals surface area contributed by atoms with Crippen LogP contribution in [0, 0.1) is 5.92 Å². The summed E-state index contributed by atoms with van der Waals surface area (Å²) >= 11 is 0. The molecular weight excluding hydrogens is 290 g/mol. The summed E-state index contributed by atoms with van der Waals surface area (Å²) in [6.45, 7) is 5.28. The van der Waals surface area contributed by atoms with Gasteiger partial charge in [0.1, 0.15) is 0 Å². The zero-order valence-corrected chi connectivity index (χ0v) is 13.3. The first-order chi connectivity index (χ1) is 9.54. The molecule has 0 atom stereocenters. The van der Waals surface area contributed by atoms with E-state index in [0.29, 0.717) is 31.6 Å². The van der Waals surface area contributed by atoms with Gasteiger partial charge in [-0.2, -0.15) is 0 Å². The van der Waals surface area contributed by atoms with Crippen LogP contribution in [0.1, 0.15) is 36.2 Å². The molecule has 4 N–H and O–H groups in total. The third-order valence-corrected chi connectivity index (χ3v) is 2.91. The summed E-state index contributed by atoms with van der Waals surface area (Å²) < 4.78 is 0. The Morgan fingerprint density at radius 3 is 2.19 bits per heavy atom. The fraction of sp³-hybridized carbons (Fsp3) is 0.467. The van der Waals surface area contributed by atoms with Gasteiger partial charge in [0.05, 0.1) is 0 Å². The van der Waals surface area contributed by atoms with Crippen LogP contribution in [0.2, 0.25) is 0 Å². The number of nitrogens with two attached hydrogens (primary N) is 1. The first-order valence-electron chi connectivity index (χ1n) is 6.89. The van der Waals surface area contributed by atoms with Crippen molar-refractivity contribution in [3.05, 3.63) is 35.4 Å². The van der Waals surface area contributed by atoms with E-state index >= 15 is 0 Å². The maximum atomic E-state index is 11.8. The first-order valence-corrected chi connectivity index (χ1v) is 6.89. The topological polar surface area (TPSA) is 84.2 Å². The van der Waals surface area contributed by atoms with Gasteiger partial charge < -0.3 is 16.4 Å². The zero-order valence-electron chi connectivity index (χ0n) is 12.5. The van der Waals surface area contributed by atoms with Gasteiger partial charge in [-0.1, -0.05) is 26.0 Å². The van der Waals surface area contributed by atoms with Crippen molar-refractivity contribution >= 4 is 24.2 Å². The SMILES string of the molecule is CC(C)C(=O)NCCCNC(=O)c1ccc(CN)cc1.Cl. The molecule has 0 aliphatic heterocycles. The summed E-state index contributed by atoms with van der Waals surface area (Å²) in [4.78, 5) is 23.1. The van der Waals surface area contributed by atoms with Crippen LogP contribution in [0.3, 0.4) is 0 Å². The smallest absolute Gasteiger partial charge is 0.251 e. The second-order valence-electron chi connectivity index (χ2n) is 4.96. The largest absolute Gasteiger partial charge is 0.356 e. The first kappa shape index (κ1) is 19.4. The highest BCUT2D eigenvalue weighted by atomic mass is 35.5. The van der Waals surface area contributed by atoms with Crippen molar-refractivity contribution in [2.24, 2.45) is 11.7 Å². The number of rotatable bonds is 7. The van der Waals surface area contributed by atoms with Gasteiger partial charge in [-0.25, -0.2) is 0 Å². The van der Waals surface area contributed by atoms with Crippen molar-refractivity contribution in [3.8, 4) is 0 Å². The Hall–Kier alpha value is -1.59. The van der Waals surface area contributed by atoms with Gasteiger partial charge >= 0.3 is 0 Å². The zero-order chi connectivity index (χ0) is 15.0. The number of nitrogens with one attached hydrogen (secondary N) is 2. The third-order valence-electron chi connectivity index (χ3n) is 2.91. The van der Waals surface area contributed by atoms with Crippen LogP contribution in [-0.2, 0) is 11.3 Å². The molecular formula is C15H24ClN3O2. The molecule has 0 aliphatic rings. The second-order valence-corrected chi connectivity index (χ2v) is 4.96. The Morgan fingerprint density at radius 1 is 1.10 bits per heavy atom. The second kappa shape index (κ2) is 10.2. The number of carbonyl (C=O) groups is 2. The minimum atomic E-state index is -0.108. The summed E-state index contributed by atoms with van der Waals surface area (Å²) in [5.74, 6) is -0.0805. The maximum Gasteiger partial charge on any atom is 0.251 e. The molecule has 2 amide bonds. The number of hydrogen-bond donors (Lipinski definition) is 3. The number of hydrogen-bond acceptors (Lipinski definition) is 3. The molecule has 0 spiro atoms.